The molecule has 3 aromatic rings. The second-order valence-corrected chi connectivity index (χ2v) is 5.66. The van der Waals surface area contributed by atoms with E-state index in [9.17, 15) is 9.59 Å². The van der Waals surface area contributed by atoms with Crippen LogP contribution in [0.4, 0.5) is 0 Å². The normalized spacial score (nSPS) is 11.6. The average Bonchev–Trinajstić information content (AvgIpc) is 3.21. The molecule has 1 aromatic heterocycles. The Labute approximate surface area is 150 Å². The van der Waals surface area contributed by atoms with Gasteiger partial charge in [0.25, 0.3) is 5.91 Å². The molecule has 0 fully saturated rings. The Hall–Kier alpha value is -3.48. The second kappa shape index (κ2) is 8.06. The van der Waals surface area contributed by atoms with Crippen molar-refractivity contribution in [2.24, 2.45) is 0 Å². The molecule has 0 spiro atoms. The topological polar surface area (TPSA) is 86.1 Å². The quantitative estimate of drug-likeness (QED) is 0.690. The van der Waals surface area contributed by atoms with E-state index in [-0.39, 0.29) is 18.6 Å². The van der Waals surface area contributed by atoms with E-state index in [1.54, 1.807) is 35.3 Å². The second-order valence-electron chi connectivity index (χ2n) is 5.66. The fraction of sp³-hybridized carbons (Fsp3) is 0.158. The fourth-order valence-corrected chi connectivity index (χ4v) is 2.41. The van der Waals surface area contributed by atoms with Crippen molar-refractivity contribution in [1.82, 2.24) is 20.1 Å². The molecule has 1 atom stereocenters. The Kier molecular flexibility index (Phi) is 5.38. The molecule has 0 radical (unpaired) electrons. The summed E-state index contributed by atoms with van der Waals surface area (Å²) in [6, 6.07) is 16.1. The SMILES string of the molecule is CC(NC(=O)COC(=O)c1ccc(-n2cncn2)cc1)c1ccccc1. The van der Waals surface area contributed by atoms with E-state index < -0.39 is 5.97 Å². The summed E-state index contributed by atoms with van der Waals surface area (Å²) in [7, 11) is 0. The summed E-state index contributed by atoms with van der Waals surface area (Å²) in [4.78, 5) is 27.9. The third-order valence-corrected chi connectivity index (χ3v) is 3.80. The number of nitrogens with zero attached hydrogens (tertiary/aromatic N) is 3. The Bertz CT molecular complexity index is 862. The van der Waals surface area contributed by atoms with E-state index in [4.69, 9.17) is 4.74 Å². The maximum absolute atomic E-state index is 12.1. The van der Waals surface area contributed by atoms with Gasteiger partial charge in [-0.3, -0.25) is 4.79 Å². The molecule has 1 amide bonds. The molecular weight excluding hydrogens is 332 g/mol. The highest BCUT2D eigenvalue weighted by molar-refractivity contribution is 5.91. The van der Waals surface area contributed by atoms with E-state index in [1.807, 2.05) is 37.3 Å². The lowest BCUT2D eigenvalue weighted by atomic mass is 10.1. The molecule has 7 heteroatoms. The van der Waals surface area contributed by atoms with Crippen LogP contribution in [0.1, 0.15) is 28.9 Å². The molecule has 1 heterocycles. The number of benzene rings is 2. The maximum atomic E-state index is 12.1. The zero-order chi connectivity index (χ0) is 18.4. The van der Waals surface area contributed by atoms with Gasteiger partial charge < -0.3 is 10.1 Å². The van der Waals surface area contributed by atoms with Gasteiger partial charge in [-0.1, -0.05) is 30.3 Å². The number of aromatic nitrogens is 3. The van der Waals surface area contributed by atoms with Crippen molar-refractivity contribution in [3.63, 3.8) is 0 Å². The van der Waals surface area contributed by atoms with Crippen LogP contribution in [0, 0.1) is 0 Å². The molecule has 0 saturated carbocycles. The highest BCUT2D eigenvalue weighted by Gasteiger charge is 2.13. The van der Waals surface area contributed by atoms with Crippen LogP contribution < -0.4 is 5.32 Å². The minimum absolute atomic E-state index is 0.163. The highest BCUT2D eigenvalue weighted by Crippen LogP contribution is 2.11. The zero-order valence-corrected chi connectivity index (χ0v) is 14.2. The lowest BCUT2D eigenvalue weighted by Gasteiger charge is -2.14. The van der Waals surface area contributed by atoms with Crippen LogP contribution in [-0.4, -0.2) is 33.2 Å². The first-order valence-corrected chi connectivity index (χ1v) is 8.10. The molecular formula is C19H18N4O3. The van der Waals surface area contributed by atoms with Gasteiger partial charge in [-0.25, -0.2) is 14.5 Å². The van der Waals surface area contributed by atoms with E-state index in [0.29, 0.717) is 5.56 Å². The van der Waals surface area contributed by atoms with Gasteiger partial charge in [0.05, 0.1) is 17.3 Å². The summed E-state index contributed by atoms with van der Waals surface area (Å²) in [6.45, 7) is 1.54. The standard InChI is InChI=1S/C19H18N4O3/c1-14(15-5-3-2-4-6-15)22-18(24)11-26-19(25)16-7-9-17(10-8-16)23-13-20-12-21-23/h2-10,12-14H,11H2,1H3,(H,22,24). The monoisotopic (exact) mass is 350 g/mol. The molecule has 2 aromatic carbocycles. The molecule has 1 N–H and O–H groups in total. The molecule has 0 aliphatic carbocycles. The Morgan fingerprint density at radius 3 is 2.50 bits per heavy atom. The van der Waals surface area contributed by atoms with Crippen molar-refractivity contribution in [3.05, 3.63) is 78.4 Å². The number of hydrogen-bond acceptors (Lipinski definition) is 5. The molecule has 0 aliphatic heterocycles. The first-order chi connectivity index (χ1) is 12.6. The van der Waals surface area contributed by atoms with Crippen LogP contribution in [0.5, 0.6) is 0 Å². The van der Waals surface area contributed by atoms with Crippen LogP contribution in [0.2, 0.25) is 0 Å². The zero-order valence-electron chi connectivity index (χ0n) is 14.2. The number of carbonyl (C=O) groups is 2. The van der Waals surface area contributed by atoms with E-state index in [0.717, 1.165) is 11.3 Å². The maximum Gasteiger partial charge on any atom is 0.338 e. The molecule has 132 valence electrons. The van der Waals surface area contributed by atoms with Gasteiger partial charge in [0.15, 0.2) is 6.61 Å². The van der Waals surface area contributed by atoms with Gasteiger partial charge in [0.2, 0.25) is 0 Å². The van der Waals surface area contributed by atoms with Crippen LogP contribution in [0.25, 0.3) is 5.69 Å². The van der Waals surface area contributed by atoms with Gasteiger partial charge in [0.1, 0.15) is 12.7 Å². The predicted octanol–water partition coefficient (Wildman–Crippen LogP) is 2.30. The van der Waals surface area contributed by atoms with E-state index >= 15 is 0 Å². The predicted molar refractivity (Wildman–Crippen MR) is 94.6 cm³/mol. The van der Waals surface area contributed by atoms with Crippen LogP contribution >= 0.6 is 0 Å². The van der Waals surface area contributed by atoms with Crippen LogP contribution in [0.15, 0.2) is 67.3 Å². The smallest absolute Gasteiger partial charge is 0.338 e. The van der Waals surface area contributed by atoms with Crippen molar-refractivity contribution in [2.75, 3.05) is 6.61 Å². The summed E-state index contributed by atoms with van der Waals surface area (Å²) in [5, 5.41) is 6.81. The largest absolute Gasteiger partial charge is 0.452 e. The van der Waals surface area contributed by atoms with E-state index in [2.05, 4.69) is 15.4 Å². The number of nitrogens with one attached hydrogen (secondary N) is 1. The Balaban J connectivity index is 1.51. The lowest BCUT2D eigenvalue weighted by molar-refractivity contribution is -0.124. The minimum Gasteiger partial charge on any atom is -0.452 e. The summed E-state index contributed by atoms with van der Waals surface area (Å²) in [6.07, 6.45) is 2.99. The molecule has 0 saturated heterocycles. The molecule has 26 heavy (non-hydrogen) atoms. The van der Waals surface area contributed by atoms with Crippen LogP contribution in [-0.2, 0) is 9.53 Å². The number of carbonyl (C=O) groups excluding carboxylic acids is 2. The molecule has 7 nitrogen and oxygen atoms in total. The Morgan fingerprint density at radius 1 is 1.12 bits per heavy atom. The van der Waals surface area contributed by atoms with Crippen molar-refractivity contribution in [2.45, 2.75) is 13.0 Å². The number of rotatable bonds is 6. The number of amides is 1. The number of ether oxygens (including phenoxy) is 1. The van der Waals surface area contributed by atoms with Crippen molar-refractivity contribution >= 4 is 11.9 Å². The fourth-order valence-electron chi connectivity index (χ4n) is 2.41. The lowest BCUT2D eigenvalue weighted by Crippen LogP contribution is -2.31. The summed E-state index contributed by atoms with van der Waals surface area (Å²) >= 11 is 0. The molecule has 1 unspecified atom stereocenters. The highest BCUT2D eigenvalue weighted by atomic mass is 16.5. The molecule has 0 aliphatic rings. The van der Waals surface area contributed by atoms with Gasteiger partial charge in [-0.15, -0.1) is 0 Å². The van der Waals surface area contributed by atoms with Crippen LogP contribution in [0.3, 0.4) is 0 Å². The van der Waals surface area contributed by atoms with Gasteiger partial charge in [-0.05, 0) is 36.8 Å². The third-order valence-electron chi connectivity index (χ3n) is 3.80. The average molecular weight is 350 g/mol. The van der Waals surface area contributed by atoms with E-state index in [1.165, 1.54) is 6.33 Å². The van der Waals surface area contributed by atoms with Gasteiger partial charge in [0, 0.05) is 0 Å². The molecule has 3 rings (SSSR count). The first-order valence-electron chi connectivity index (χ1n) is 8.10. The summed E-state index contributed by atoms with van der Waals surface area (Å²) in [5.74, 6) is -0.911. The number of hydrogen-bond donors (Lipinski definition) is 1. The third kappa shape index (κ3) is 4.32. The van der Waals surface area contributed by atoms with Gasteiger partial charge >= 0.3 is 5.97 Å². The Morgan fingerprint density at radius 2 is 1.85 bits per heavy atom. The summed E-state index contributed by atoms with van der Waals surface area (Å²) < 4.78 is 6.65. The summed E-state index contributed by atoms with van der Waals surface area (Å²) in [5.41, 5.74) is 2.11. The van der Waals surface area contributed by atoms with Crippen molar-refractivity contribution < 1.29 is 14.3 Å². The van der Waals surface area contributed by atoms with Crippen molar-refractivity contribution in [3.8, 4) is 5.69 Å². The number of esters is 1. The van der Waals surface area contributed by atoms with Crippen molar-refractivity contribution in [1.29, 1.82) is 0 Å². The first kappa shape index (κ1) is 17.3. The van der Waals surface area contributed by atoms with Gasteiger partial charge in [-0.2, -0.15) is 5.10 Å². The minimum atomic E-state index is -0.558. The molecule has 0 bridgehead atoms.